The van der Waals surface area contributed by atoms with E-state index in [0.29, 0.717) is 11.8 Å². The number of hydrogen-bond acceptors (Lipinski definition) is 2. The minimum atomic E-state index is 0. The van der Waals surface area contributed by atoms with Gasteiger partial charge in [0.05, 0.1) is 5.92 Å². The highest BCUT2D eigenvalue weighted by atomic mass is 35.5. The van der Waals surface area contributed by atoms with E-state index in [-0.39, 0.29) is 30.3 Å². The van der Waals surface area contributed by atoms with Crippen LogP contribution >= 0.6 is 12.4 Å². The topological polar surface area (TPSA) is 46.3 Å². The Balaban J connectivity index is 0.00000128. The Morgan fingerprint density at radius 2 is 2.00 bits per heavy atom. The molecule has 0 spiro atoms. The number of fused-ring (bicyclic) bond motifs is 2. The average Bonchev–Trinajstić information content (AvgIpc) is 2.77. The smallest absolute Gasteiger partial charge is 0.227 e. The molecule has 2 aliphatic carbocycles. The summed E-state index contributed by atoms with van der Waals surface area (Å²) in [5.74, 6) is 1.62. The van der Waals surface area contributed by atoms with Crippen molar-refractivity contribution in [2.75, 3.05) is 13.6 Å². The Hall–Kier alpha value is -0.280. The van der Waals surface area contributed by atoms with E-state index in [1.807, 2.05) is 11.9 Å². The lowest BCUT2D eigenvalue weighted by molar-refractivity contribution is -0.136. The van der Waals surface area contributed by atoms with Crippen molar-refractivity contribution in [2.45, 2.75) is 38.6 Å². The minimum Gasteiger partial charge on any atom is -0.345 e. The highest BCUT2D eigenvalue weighted by Crippen LogP contribution is 2.48. The Labute approximate surface area is 104 Å². The first-order valence-corrected chi connectivity index (χ1v) is 6.15. The number of halogens is 1. The standard InChI is InChI=1S/C12H22N2O.ClH/c1-3-6-14(2)12(15)10-8-4-5-9(7-8)11(10)13;/h8-11H,3-7,13H2,1-2H3;1H. The number of carbonyl (C=O) groups is 1. The molecule has 2 rings (SSSR count). The summed E-state index contributed by atoms with van der Waals surface area (Å²) in [5.41, 5.74) is 6.15. The quantitative estimate of drug-likeness (QED) is 0.823. The van der Waals surface area contributed by atoms with E-state index in [0.717, 1.165) is 13.0 Å². The zero-order chi connectivity index (χ0) is 11.0. The highest BCUT2D eigenvalue weighted by molar-refractivity contribution is 5.85. The van der Waals surface area contributed by atoms with Crippen LogP contribution in [0.15, 0.2) is 0 Å². The normalized spacial score (nSPS) is 35.9. The Bertz CT molecular complexity index is 257. The fraction of sp³-hybridized carbons (Fsp3) is 0.917. The Morgan fingerprint density at radius 3 is 2.50 bits per heavy atom. The van der Waals surface area contributed by atoms with Gasteiger partial charge in [-0.15, -0.1) is 12.4 Å². The van der Waals surface area contributed by atoms with Crippen LogP contribution in [-0.4, -0.2) is 30.4 Å². The average molecular weight is 247 g/mol. The van der Waals surface area contributed by atoms with Crippen LogP contribution in [0.3, 0.4) is 0 Å². The second-order valence-electron chi connectivity index (χ2n) is 5.20. The van der Waals surface area contributed by atoms with Crippen molar-refractivity contribution in [3.05, 3.63) is 0 Å². The van der Waals surface area contributed by atoms with Crippen molar-refractivity contribution >= 4 is 18.3 Å². The van der Waals surface area contributed by atoms with Gasteiger partial charge in [0.2, 0.25) is 5.91 Å². The largest absolute Gasteiger partial charge is 0.345 e. The third kappa shape index (κ3) is 2.21. The highest BCUT2D eigenvalue weighted by Gasteiger charge is 2.49. The summed E-state index contributed by atoms with van der Waals surface area (Å²) in [6.07, 6.45) is 4.68. The first-order chi connectivity index (χ1) is 7.15. The van der Waals surface area contributed by atoms with Gasteiger partial charge in [0, 0.05) is 19.6 Å². The number of amides is 1. The molecule has 0 aromatic rings. The zero-order valence-electron chi connectivity index (χ0n) is 10.2. The fourth-order valence-corrected chi connectivity index (χ4v) is 3.40. The molecule has 3 nitrogen and oxygen atoms in total. The molecule has 4 atom stereocenters. The van der Waals surface area contributed by atoms with E-state index in [1.54, 1.807) is 0 Å². The monoisotopic (exact) mass is 246 g/mol. The molecule has 0 saturated heterocycles. The molecule has 2 N–H and O–H groups in total. The third-order valence-corrected chi connectivity index (χ3v) is 4.20. The number of hydrogen-bond donors (Lipinski definition) is 1. The molecule has 1 amide bonds. The molecular weight excluding hydrogens is 224 g/mol. The summed E-state index contributed by atoms with van der Waals surface area (Å²) in [5, 5.41) is 0. The van der Waals surface area contributed by atoms with E-state index in [1.165, 1.54) is 19.3 Å². The summed E-state index contributed by atoms with van der Waals surface area (Å²) in [6, 6.07) is 0.135. The van der Waals surface area contributed by atoms with Crippen LogP contribution in [0, 0.1) is 17.8 Å². The van der Waals surface area contributed by atoms with Crippen molar-refractivity contribution in [2.24, 2.45) is 23.5 Å². The first kappa shape index (κ1) is 13.8. The van der Waals surface area contributed by atoms with Crippen LogP contribution in [0.5, 0.6) is 0 Å². The van der Waals surface area contributed by atoms with Crippen LogP contribution in [0.4, 0.5) is 0 Å². The lowest BCUT2D eigenvalue weighted by Crippen LogP contribution is -2.46. The van der Waals surface area contributed by atoms with E-state index in [9.17, 15) is 4.79 Å². The van der Waals surface area contributed by atoms with Crippen molar-refractivity contribution in [3.63, 3.8) is 0 Å². The van der Waals surface area contributed by atoms with Crippen molar-refractivity contribution in [1.29, 1.82) is 0 Å². The summed E-state index contributed by atoms with van der Waals surface area (Å²) in [4.78, 5) is 14.0. The summed E-state index contributed by atoms with van der Waals surface area (Å²) < 4.78 is 0. The molecule has 2 fully saturated rings. The van der Waals surface area contributed by atoms with Crippen LogP contribution < -0.4 is 5.73 Å². The molecule has 0 radical (unpaired) electrons. The Morgan fingerprint density at radius 1 is 1.38 bits per heavy atom. The van der Waals surface area contributed by atoms with Gasteiger partial charge in [-0.05, 0) is 37.5 Å². The molecule has 2 aliphatic rings. The molecule has 2 bridgehead atoms. The second-order valence-corrected chi connectivity index (χ2v) is 5.20. The van der Waals surface area contributed by atoms with Crippen molar-refractivity contribution in [3.8, 4) is 0 Å². The van der Waals surface area contributed by atoms with Gasteiger partial charge in [-0.1, -0.05) is 6.92 Å². The van der Waals surface area contributed by atoms with Crippen molar-refractivity contribution in [1.82, 2.24) is 4.90 Å². The van der Waals surface area contributed by atoms with Crippen LogP contribution in [-0.2, 0) is 4.79 Å². The maximum Gasteiger partial charge on any atom is 0.227 e. The predicted octanol–water partition coefficient (Wildman–Crippen LogP) is 1.65. The molecule has 16 heavy (non-hydrogen) atoms. The fourth-order valence-electron chi connectivity index (χ4n) is 3.40. The summed E-state index contributed by atoms with van der Waals surface area (Å²) in [6.45, 7) is 2.96. The number of rotatable bonds is 3. The van der Waals surface area contributed by atoms with E-state index >= 15 is 0 Å². The van der Waals surface area contributed by atoms with Gasteiger partial charge in [-0.2, -0.15) is 0 Å². The van der Waals surface area contributed by atoms with Crippen LogP contribution in [0.2, 0.25) is 0 Å². The lowest BCUT2D eigenvalue weighted by atomic mass is 9.84. The zero-order valence-corrected chi connectivity index (χ0v) is 11.0. The molecule has 0 aliphatic heterocycles. The van der Waals surface area contributed by atoms with Gasteiger partial charge in [0.1, 0.15) is 0 Å². The maximum atomic E-state index is 12.2. The van der Waals surface area contributed by atoms with Crippen LogP contribution in [0.1, 0.15) is 32.6 Å². The van der Waals surface area contributed by atoms with Gasteiger partial charge in [-0.25, -0.2) is 0 Å². The molecule has 2 saturated carbocycles. The van der Waals surface area contributed by atoms with E-state index in [4.69, 9.17) is 5.73 Å². The maximum absolute atomic E-state index is 12.2. The van der Waals surface area contributed by atoms with E-state index < -0.39 is 0 Å². The SMILES string of the molecule is CCCN(C)C(=O)C1C2CCC(C2)C1N.Cl. The molecule has 94 valence electrons. The molecule has 4 heteroatoms. The lowest BCUT2D eigenvalue weighted by Gasteiger charge is -2.30. The Kier molecular flexibility index (Phi) is 4.62. The summed E-state index contributed by atoms with van der Waals surface area (Å²) in [7, 11) is 1.91. The molecule has 0 aromatic heterocycles. The van der Waals surface area contributed by atoms with Gasteiger partial charge in [-0.3, -0.25) is 4.79 Å². The van der Waals surface area contributed by atoms with Gasteiger partial charge >= 0.3 is 0 Å². The predicted molar refractivity (Wildman–Crippen MR) is 67.5 cm³/mol. The first-order valence-electron chi connectivity index (χ1n) is 6.15. The van der Waals surface area contributed by atoms with E-state index in [2.05, 4.69) is 6.92 Å². The van der Waals surface area contributed by atoms with Gasteiger partial charge < -0.3 is 10.6 Å². The number of carbonyl (C=O) groups excluding carboxylic acids is 1. The number of nitrogens with two attached hydrogens (primary N) is 1. The van der Waals surface area contributed by atoms with Crippen molar-refractivity contribution < 1.29 is 4.79 Å². The third-order valence-electron chi connectivity index (χ3n) is 4.20. The summed E-state index contributed by atoms with van der Waals surface area (Å²) >= 11 is 0. The molecule has 4 unspecified atom stereocenters. The number of nitrogens with zero attached hydrogens (tertiary/aromatic N) is 1. The minimum absolute atomic E-state index is 0. The molecule has 0 heterocycles. The van der Waals surface area contributed by atoms with Gasteiger partial charge in [0.25, 0.3) is 0 Å². The second kappa shape index (κ2) is 5.37. The molecular formula is C12H23ClN2O. The molecule has 0 aromatic carbocycles. The van der Waals surface area contributed by atoms with Gasteiger partial charge in [0.15, 0.2) is 0 Å². The van der Waals surface area contributed by atoms with Crippen LogP contribution in [0.25, 0.3) is 0 Å².